The summed E-state index contributed by atoms with van der Waals surface area (Å²) < 4.78 is 6.30. The van der Waals surface area contributed by atoms with Crippen molar-refractivity contribution in [1.29, 1.82) is 0 Å². The summed E-state index contributed by atoms with van der Waals surface area (Å²) in [5.74, 6) is 0. The van der Waals surface area contributed by atoms with Crippen molar-refractivity contribution in [2.75, 3.05) is 0 Å². The fourth-order valence-electron chi connectivity index (χ4n) is 3.91. The fourth-order valence-corrected chi connectivity index (χ4v) is 3.91. The molecule has 0 radical (unpaired) electrons. The Morgan fingerprint density at radius 1 is 0.586 bits per heavy atom. The zero-order valence-corrected chi connectivity index (χ0v) is 15.4. The van der Waals surface area contributed by atoms with Gasteiger partial charge in [-0.1, -0.05) is 0 Å². The van der Waals surface area contributed by atoms with Gasteiger partial charge < -0.3 is 13.7 Å². The van der Waals surface area contributed by atoms with Crippen LogP contribution in [0.15, 0.2) is 98.4 Å². The summed E-state index contributed by atoms with van der Waals surface area (Å²) >= 11 is 0. The van der Waals surface area contributed by atoms with Crippen LogP contribution in [0.3, 0.4) is 0 Å². The molecule has 0 aliphatic heterocycles. The summed E-state index contributed by atoms with van der Waals surface area (Å²) in [4.78, 5) is 12.7. The molecule has 4 aromatic heterocycles. The van der Waals surface area contributed by atoms with E-state index in [0.29, 0.717) is 0 Å². The predicted molar refractivity (Wildman–Crippen MR) is 113 cm³/mol. The molecule has 0 saturated heterocycles. The average Bonchev–Trinajstić information content (AvgIpc) is 3.53. The number of hydrogen-bond donors (Lipinski definition) is 0. The molecule has 6 aromatic rings. The maximum absolute atomic E-state index is 4.33. The van der Waals surface area contributed by atoms with Crippen molar-refractivity contribution in [1.82, 2.24) is 28.7 Å². The molecule has 0 amide bonds. The molecular formula is C23H16N6. The third-order valence-corrected chi connectivity index (χ3v) is 5.24. The number of pyridine rings is 1. The van der Waals surface area contributed by atoms with Crippen LogP contribution in [0.2, 0.25) is 0 Å². The molecule has 2 aromatic carbocycles. The Kier molecular flexibility index (Phi) is 3.37. The first kappa shape index (κ1) is 15.8. The van der Waals surface area contributed by atoms with E-state index in [2.05, 4.69) is 62.0 Å². The second kappa shape index (κ2) is 6.17. The lowest BCUT2D eigenvalue weighted by Crippen LogP contribution is -1.95. The molecule has 0 aliphatic carbocycles. The number of fused-ring (bicyclic) bond motifs is 3. The highest BCUT2D eigenvalue weighted by Gasteiger charge is 2.14. The first-order valence-corrected chi connectivity index (χ1v) is 9.34. The first-order chi connectivity index (χ1) is 14.4. The van der Waals surface area contributed by atoms with Gasteiger partial charge in [-0.15, -0.1) is 0 Å². The number of nitrogens with zero attached hydrogens (tertiary/aromatic N) is 6. The molecule has 138 valence electrons. The SMILES string of the molecule is c1cncc(-n2c3ccc(-n4ccnc4)cc3c3cc(-n4ccnc4)ccc32)c1. The summed E-state index contributed by atoms with van der Waals surface area (Å²) in [6.45, 7) is 0. The van der Waals surface area contributed by atoms with Crippen LogP contribution in [0.1, 0.15) is 0 Å². The van der Waals surface area contributed by atoms with Crippen molar-refractivity contribution in [3.63, 3.8) is 0 Å². The van der Waals surface area contributed by atoms with E-state index in [1.807, 2.05) is 46.4 Å². The topological polar surface area (TPSA) is 53.5 Å². The fraction of sp³-hybridized carbons (Fsp3) is 0. The molecule has 0 unspecified atom stereocenters. The van der Waals surface area contributed by atoms with Crippen molar-refractivity contribution in [3.05, 3.63) is 98.4 Å². The van der Waals surface area contributed by atoms with Crippen molar-refractivity contribution in [2.24, 2.45) is 0 Å². The van der Waals surface area contributed by atoms with Gasteiger partial charge in [-0.25, -0.2) is 9.97 Å². The van der Waals surface area contributed by atoms with Gasteiger partial charge in [0.05, 0.1) is 35.6 Å². The van der Waals surface area contributed by atoms with Crippen LogP contribution >= 0.6 is 0 Å². The molecule has 0 atom stereocenters. The minimum atomic E-state index is 1.04. The Bertz CT molecular complexity index is 1340. The average molecular weight is 376 g/mol. The van der Waals surface area contributed by atoms with Gasteiger partial charge in [-0.2, -0.15) is 0 Å². The van der Waals surface area contributed by atoms with Crippen molar-refractivity contribution >= 4 is 21.8 Å². The standard InChI is InChI=1S/C23H16N6/c1-2-19(14-24-7-1)29-22-5-3-17(27-10-8-25-15-27)12-20(22)21-13-18(4-6-23(21)29)28-11-9-26-16-28/h1-16H. The third-order valence-electron chi connectivity index (χ3n) is 5.24. The summed E-state index contributed by atoms with van der Waals surface area (Å²) in [5.41, 5.74) is 5.47. The molecule has 0 spiro atoms. The van der Waals surface area contributed by atoms with E-state index in [0.717, 1.165) is 28.1 Å². The smallest absolute Gasteiger partial charge is 0.0991 e. The minimum Gasteiger partial charge on any atom is -0.308 e. The molecule has 0 bridgehead atoms. The maximum Gasteiger partial charge on any atom is 0.0991 e. The molecule has 6 rings (SSSR count). The van der Waals surface area contributed by atoms with E-state index in [-0.39, 0.29) is 0 Å². The third kappa shape index (κ3) is 2.46. The lowest BCUT2D eigenvalue weighted by molar-refractivity contribution is 1.06. The van der Waals surface area contributed by atoms with E-state index in [1.54, 1.807) is 18.6 Å². The molecule has 0 saturated carbocycles. The lowest BCUT2D eigenvalue weighted by atomic mass is 10.1. The van der Waals surface area contributed by atoms with Crippen molar-refractivity contribution in [2.45, 2.75) is 0 Å². The van der Waals surface area contributed by atoms with Gasteiger partial charge in [-0.05, 0) is 48.5 Å². The second-order valence-corrected chi connectivity index (χ2v) is 6.89. The summed E-state index contributed by atoms with van der Waals surface area (Å²) in [7, 11) is 0. The van der Waals surface area contributed by atoms with E-state index in [9.17, 15) is 0 Å². The normalized spacial score (nSPS) is 11.4. The van der Waals surface area contributed by atoms with Gasteiger partial charge in [0.15, 0.2) is 0 Å². The molecule has 6 nitrogen and oxygen atoms in total. The van der Waals surface area contributed by atoms with Crippen LogP contribution in [-0.4, -0.2) is 28.7 Å². The highest BCUT2D eigenvalue weighted by Crippen LogP contribution is 2.34. The molecular weight excluding hydrogens is 360 g/mol. The number of hydrogen-bond acceptors (Lipinski definition) is 3. The molecule has 0 N–H and O–H groups in total. The van der Waals surface area contributed by atoms with Gasteiger partial charge in [0.1, 0.15) is 0 Å². The number of benzene rings is 2. The molecule has 29 heavy (non-hydrogen) atoms. The van der Waals surface area contributed by atoms with Crippen LogP contribution in [0, 0.1) is 0 Å². The predicted octanol–water partition coefficient (Wildman–Crippen LogP) is 4.55. The Morgan fingerprint density at radius 2 is 1.21 bits per heavy atom. The summed E-state index contributed by atoms with van der Waals surface area (Å²) in [6, 6.07) is 17.0. The number of rotatable bonds is 3. The van der Waals surface area contributed by atoms with E-state index in [1.165, 1.54) is 10.8 Å². The molecule has 0 aliphatic rings. The Morgan fingerprint density at radius 3 is 1.69 bits per heavy atom. The monoisotopic (exact) mass is 376 g/mol. The summed E-state index contributed by atoms with van der Waals surface area (Å²) in [6.07, 6.45) is 14.8. The van der Waals surface area contributed by atoms with Crippen LogP contribution in [0.4, 0.5) is 0 Å². The zero-order valence-electron chi connectivity index (χ0n) is 15.4. The quantitative estimate of drug-likeness (QED) is 0.455. The zero-order chi connectivity index (χ0) is 19.2. The Labute approximate surface area is 166 Å². The molecule has 0 fully saturated rings. The lowest BCUT2D eigenvalue weighted by Gasteiger charge is -2.08. The van der Waals surface area contributed by atoms with Crippen LogP contribution < -0.4 is 0 Å². The van der Waals surface area contributed by atoms with Gasteiger partial charge in [-0.3, -0.25) is 4.98 Å². The van der Waals surface area contributed by atoms with Gasteiger partial charge >= 0.3 is 0 Å². The van der Waals surface area contributed by atoms with Crippen LogP contribution in [0.25, 0.3) is 38.9 Å². The largest absolute Gasteiger partial charge is 0.308 e. The second-order valence-electron chi connectivity index (χ2n) is 6.89. The van der Waals surface area contributed by atoms with Crippen molar-refractivity contribution < 1.29 is 0 Å². The van der Waals surface area contributed by atoms with E-state index < -0.39 is 0 Å². The van der Waals surface area contributed by atoms with Crippen LogP contribution in [-0.2, 0) is 0 Å². The van der Waals surface area contributed by atoms with Crippen LogP contribution in [0.5, 0.6) is 0 Å². The van der Waals surface area contributed by atoms with Gasteiger partial charge in [0.25, 0.3) is 0 Å². The maximum atomic E-state index is 4.33. The highest BCUT2D eigenvalue weighted by atomic mass is 15.0. The Hall–Kier alpha value is -4.19. The highest BCUT2D eigenvalue weighted by molar-refractivity contribution is 6.10. The first-order valence-electron chi connectivity index (χ1n) is 9.34. The molecule has 4 heterocycles. The van der Waals surface area contributed by atoms with Gasteiger partial charge in [0, 0.05) is 53.1 Å². The van der Waals surface area contributed by atoms with Crippen molar-refractivity contribution in [3.8, 4) is 17.1 Å². The Balaban J connectivity index is 1.70. The summed E-state index contributed by atoms with van der Waals surface area (Å²) in [5, 5.41) is 2.36. The van der Waals surface area contributed by atoms with E-state index >= 15 is 0 Å². The minimum absolute atomic E-state index is 1.04. The van der Waals surface area contributed by atoms with Gasteiger partial charge in [0.2, 0.25) is 0 Å². The van der Waals surface area contributed by atoms with E-state index in [4.69, 9.17) is 0 Å². The molecule has 6 heteroatoms. The number of aromatic nitrogens is 6. The number of imidazole rings is 2.